The predicted octanol–water partition coefficient (Wildman–Crippen LogP) is 3.61. The molecule has 1 atom stereocenters. The first-order valence-electron chi connectivity index (χ1n) is 9.16. The Morgan fingerprint density at radius 3 is 2.64 bits per heavy atom. The molecule has 25 heavy (non-hydrogen) atoms. The van der Waals surface area contributed by atoms with Gasteiger partial charge in [-0.25, -0.2) is 9.67 Å². The number of hydrogen-bond donors (Lipinski definition) is 0. The van der Waals surface area contributed by atoms with Crippen LogP contribution in [0.15, 0.2) is 55.2 Å². The highest BCUT2D eigenvalue weighted by Crippen LogP contribution is 2.21. The fourth-order valence-corrected chi connectivity index (χ4v) is 3.64. The maximum atomic E-state index is 4.52. The average Bonchev–Trinajstić information content (AvgIpc) is 3.32. The zero-order chi connectivity index (χ0) is 17.1. The lowest BCUT2D eigenvalue weighted by atomic mass is 10.1. The van der Waals surface area contributed by atoms with Crippen molar-refractivity contribution in [3.8, 4) is 16.9 Å². The van der Waals surface area contributed by atoms with Crippen molar-refractivity contribution in [3.63, 3.8) is 0 Å². The van der Waals surface area contributed by atoms with Gasteiger partial charge < -0.3 is 4.57 Å². The number of para-hydroxylation sites is 1. The molecule has 1 fully saturated rings. The van der Waals surface area contributed by atoms with Crippen molar-refractivity contribution in [1.29, 1.82) is 0 Å². The Bertz CT molecular complexity index is 798. The molecular weight excluding hydrogens is 310 g/mol. The molecule has 0 saturated carbocycles. The Hall–Kier alpha value is -2.40. The Labute approximate surface area is 148 Å². The van der Waals surface area contributed by atoms with E-state index in [0.29, 0.717) is 6.04 Å². The van der Waals surface area contributed by atoms with E-state index in [-0.39, 0.29) is 0 Å². The van der Waals surface area contributed by atoms with E-state index in [4.69, 9.17) is 0 Å². The molecule has 2 aromatic heterocycles. The SMILES string of the molecule is C[C@@H](Cn1cncc1-c1cnn(-c2ccccc2)c1)N1CCCCC1. The van der Waals surface area contributed by atoms with Gasteiger partial charge in [-0.05, 0) is 45.0 Å². The van der Waals surface area contributed by atoms with E-state index in [0.717, 1.165) is 23.5 Å². The molecule has 5 heteroatoms. The Morgan fingerprint density at radius 1 is 1.04 bits per heavy atom. The van der Waals surface area contributed by atoms with E-state index in [2.05, 4.69) is 44.8 Å². The summed E-state index contributed by atoms with van der Waals surface area (Å²) in [7, 11) is 0. The summed E-state index contributed by atoms with van der Waals surface area (Å²) >= 11 is 0. The minimum absolute atomic E-state index is 0.525. The standard InChI is InChI=1S/C20H25N5/c1-17(23-10-6-3-7-11-23)14-24-16-21-13-20(24)18-12-22-25(15-18)19-8-4-2-5-9-19/h2,4-5,8-9,12-13,15-17H,3,6-7,10-11,14H2,1H3/t17-/m0/s1. The summed E-state index contributed by atoms with van der Waals surface area (Å²) in [6, 6.07) is 10.7. The minimum atomic E-state index is 0.525. The van der Waals surface area contributed by atoms with E-state index in [1.54, 1.807) is 0 Å². The van der Waals surface area contributed by atoms with Gasteiger partial charge in [-0.3, -0.25) is 4.90 Å². The summed E-state index contributed by atoms with van der Waals surface area (Å²) in [4.78, 5) is 6.98. The second-order valence-corrected chi connectivity index (χ2v) is 6.89. The van der Waals surface area contributed by atoms with Crippen LogP contribution in [0.1, 0.15) is 26.2 Å². The zero-order valence-corrected chi connectivity index (χ0v) is 14.8. The second-order valence-electron chi connectivity index (χ2n) is 6.89. The quantitative estimate of drug-likeness (QED) is 0.715. The second kappa shape index (κ2) is 7.23. The largest absolute Gasteiger partial charge is 0.329 e. The molecule has 0 aliphatic carbocycles. The number of imidazole rings is 1. The normalized spacial score (nSPS) is 16.8. The lowest BCUT2D eigenvalue weighted by Gasteiger charge is -2.32. The highest BCUT2D eigenvalue weighted by atomic mass is 15.3. The van der Waals surface area contributed by atoms with Crippen LogP contribution in [0.3, 0.4) is 0 Å². The number of benzene rings is 1. The molecule has 1 aromatic carbocycles. The van der Waals surface area contributed by atoms with E-state index < -0.39 is 0 Å². The third kappa shape index (κ3) is 3.51. The van der Waals surface area contributed by atoms with Crippen LogP contribution in [-0.4, -0.2) is 43.4 Å². The highest BCUT2D eigenvalue weighted by Gasteiger charge is 2.18. The molecule has 1 aliphatic rings. The van der Waals surface area contributed by atoms with Gasteiger partial charge in [-0.1, -0.05) is 24.6 Å². The van der Waals surface area contributed by atoms with Gasteiger partial charge in [0.05, 0.1) is 30.1 Å². The van der Waals surface area contributed by atoms with Gasteiger partial charge in [0.1, 0.15) is 0 Å². The molecule has 0 amide bonds. The summed E-state index contributed by atoms with van der Waals surface area (Å²) in [5.74, 6) is 0. The number of rotatable bonds is 5. The molecule has 5 nitrogen and oxygen atoms in total. The first-order chi connectivity index (χ1) is 12.3. The van der Waals surface area contributed by atoms with Crippen LogP contribution in [0.25, 0.3) is 16.9 Å². The van der Waals surface area contributed by atoms with Gasteiger partial charge in [0.25, 0.3) is 0 Å². The van der Waals surface area contributed by atoms with E-state index in [9.17, 15) is 0 Å². The van der Waals surface area contributed by atoms with Gasteiger partial charge in [0.15, 0.2) is 0 Å². The first-order valence-corrected chi connectivity index (χ1v) is 9.16. The van der Waals surface area contributed by atoms with Crippen LogP contribution in [-0.2, 0) is 6.54 Å². The van der Waals surface area contributed by atoms with Crippen molar-refractivity contribution in [1.82, 2.24) is 24.2 Å². The molecule has 0 spiro atoms. The third-order valence-corrected chi connectivity index (χ3v) is 5.09. The molecule has 0 N–H and O–H groups in total. The van der Waals surface area contributed by atoms with Crippen molar-refractivity contribution in [2.75, 3.05) is 13.1 Å². The minimum Gasteiger partial charge on any atom is -0.329 e. The van der Waals surface area contributed by atoms with Crippen molar-refractivity contribution >= 4 is 0 Å². The van der Waals surface area contributed by atoms with Crippen LogP contribution in [0.2, 0.25) is 0 Å². The predicted molar refractivity (Wildman–Crippen MR) is 99.7 cm³/mol. The van der Waals surface area contributed by atoms with Crippen LogP contribution in [0, 0.1) is 0 Å². The average molecular weight is 335 g/mol. The number of aromatic nitrogens is 4. The zero-order valence-electron chi connectivity index (χ0n) is 14.8. The molecule has 0 radical (unpaired) electrons. The van der Waals surface area contributed by atoms with Gasteiger partial charge in [-0.15, -0.1) is 0 Å². The molecule has 1 aliphatic heterocycles. The fourth-order valence-electron chi connectivity index (χ4n) is 3.64. The van der Waals surface area contributed by atoms with Crippen LogP contribution in [0.5, 0.6) is 0 Å². The Balaban J connectivity index is 1.52. The lowest BCUT2D eigenvalue weighted by Crippen LogP contribution is -2.39. The third-order valence-electron chi connectivity index (χ3n) is 5.09. The molecule has 1 saturated heterocycles. The van der Waals surface area contributed by atoms with E-state index in [1.807, 2.05) is 41.6 Å². The topological polar surface area (TPSA) is 38.9 Å². The summed E-state index contributed by atoms with van der Waals surface area (Å²) in [6.07, 6.45) is 11.9. The maximum Gasteiger partial charge on any atom is 0.0951 e. The van der Waals surface area contributed by atoms with Crippen LogP contribution >= 0.6 is 0 Å². The Kier molecular flexibility index (Phi) is 4.65. The summed E-state index contributed by atoms with van der Waals surface area (Å²) in [5.41, 5.74) is 3.31. The van der Waals surface area contributed by atoms with Gasteiger partial charge in [0.2, 0.25) is 0 Å². The molecular formula is C20H25N5. The first kappa shape index (κ1) is 16.1. The van der Waals surface area contributed by atoms with Crippen molar-refractivity contribution < 1.29 is 0 Å². The fraction of sp³-hybridized carbons (Fsp3) is 0.400. The van der Waals surface area contributed by atoms with Gasteiger partial charge >= 0.3 is 0 Å². The van der Waals surface area contributed by atoms with Crippen molar-refractivity contribution in [2.24, 2.45) is 0 Å². The van der Waals surface area contributed by atoms with Gasteiger partial charge in [-0.2, -0.15) is 5.10 Å². The summed E-state index contributed by atoms with van der Waals surface area (Å²) in [6.45, 7) is 5.72. The van der Waals surface area contributed by atoms with Crippen molar-refractivity contribution in [2.45, 2.75) is 38.8 Å². The van der Waals surface area contributed by atoms with Gasteiger partial charge in [0, 0.05) is 24.3 Å². The van der Waals surface area contributed by atoms with E-state index >= 15 is 0 Å². The van der Waals surface area contributed by atoms with Crippen molar-refractivity contribution in [3.05, 3.63) is 55.2 Å². The molecule has 130 valence electrons. The smallest absolute Gasteiger partial charge is 0.0951 e. The lowest BCUT2D eigenvalue weighted by molar-refractivity contribution is 0.160. The summed E-state index contributed by atoms with van der Waals surface area (Å²) in [5, 5.41) is 4.52. The number of piperidine rings is 1. The molecule has 4 rings (SSSR count). The molecule has 0 bridgehead atoms. The molecule has 3 aromatic rings. The monoisotopic (exact) mass is 335 g/mol. The number of likely N-dealkylation sites (tertiary alicyclic amines) is 1. The molecule has 0 unspecified atom stereocenters. The maximum absolute atomic E-state index is 4.52. The highest BCUT2D eigenvalue weighted by molar-refractivity contribution is 5.57. The van der Waals surface area contributed by atoms with Crippen LogP contribution < -0.4 is 0 Å². The number of nitrogens with zero attached hydrogens (tertiary/aromatic N) is 5. The van der Waals surface area contributed by atoms with Crippen LogP contribution in [0.4, 0.5) is 0 Å². The Morgan fingerprint density at radius 2 is 1.84 bits per heavy atom. The van der Waals surface area contributed by atoms with E-state index in [1.165, 1.54) is 32.4 Å². The summed E-state index contributed by atoms with van der Waals surface area (Å²) < 4.78 is 4.17. The number of hydrogen-bond acceptors (Lipinski definition) is 3. The molecule has 3 heterocycles.